The van der Waals surface area contributed by atoms with E-state index in [1.54, 1.807) is 23.1 Å². The molecule has 0 radical (unpaired) electrons. The van der Waals surface area contributed by atoms with Gasteiger partial charge in [0.1, 0.15) is 11.3 Å². The number of hydrogen-bond acceptors (Lipinski definition) is 6. The van der Waals surface area contributed by atoms with Gasteiger partial charge in [0.15, 0.2) is 6.61 Å². The minimum absolute atomic E-state index is 0.0183. The highest BCUT2D eigenvalue weighted by molar-refractivity contribution is 5.97. The van der Waals surface area contributed by atoms with Gasteiger partial charge in [0.2, 0.25) is 0 Å². The number of β-amino-alcohol motifs (C(OH)–C–C–N with tert-alkyl or cyclic N) is 1. The van der Waals surface area contributed by atoms with Crippen molar-refractivity contribution in [1.29, 1.82) is 0 Å². The standard InChI is InChI=1S/C26H29N5O4/c1-15(2)17-5-3-4-6-23(17)35-13-24(32)31-12-20-18-10-30(11-19(18)26(20,34)14-31)25(33)16-7-8-21-22(9-16)28-29-27-21/h3-9,15,18-20,34H,10-14H2,1-2H3,(H,27,28,29)/t18-,19+,20?,26?/m0/s1. The number of aliphatic hydroxyl groups is 1. The number of para-hydroxylation sites is 1. The van der Waals surface area contributed by atoms with Gasteiger partial charge < -0.3 is 19.6 Å². The van der Waals surface area contributed by atoms with Crippen molar-refractivity contribution in [2.24, 2.45) is 17.8 Å². The summed E-state index contributed by atoms with van der Waals surface area (Å²) in [6.07, 6.45) is 0. The summed E-state index contributed by atoms with van der Waals surface area (Å²) in [4.78, 5) is 29.6. The van der Waals surface area contributed by atoms with E-state index >= 15 is 0 Å². The molecule has 3 fully saturated rings. The predicted molar refractivity (Wildman–Crippen MR) is 128 cm³/mol. The third kappa shape index (κ3) is 3.48. The van der Waals surface area contributed by atoms with Crippen LogP contribution in [-0.2, 0) is 4.79 Å². The second-order valence-corrected chi connectivity index (χ2v) is 10.4. The number of fused-ring (bicyclic) bond motifs is 5. The summed E-state index contributed by atoms with van der Waals surface area (Å²) >= 11 is 0. The zero-order valence-corrected chi connectivity index (χ0v) is 19.8. The number of carbonyl (C=O) groups excluding carboxylic acids is 2. The van der Waals surface area contributed by atoms with Crippen LogP contribution in [0.3, 0.4) is 0 Å². The largest absolute Gasteiger partial charge is 0.483 e. The van der Waals surface area contributed by atoms with Crippen molar-refractivity contribution in [2.75, 3.05) is 32.8 Å². The Morgan fingerprint density at radius 3 is 2.71 bits per heavy atom. The van der Waals surface area contributed by atoms with Gasteiger partial charge in [-0.2, -0.15) is 0 Å². The number of likely N-dealkylation sites (tertiary alicyclic amines) is 2. The fourth-order valence-corrected chi connectivity index (χ4v) is 6.26. The van der Waals surface area contributed by atoms with Gasteiger partial charge in [0.05, 0.1) is 17.7 Å². The molecule has 2 unspecified atom stereocenters. The van der Waals surface area contributed by atoms with Gasteiger partial charge >= 0.3 is 0 Å². The number of amides is 2. The number of carbonyl (C=O) groups is 2. The van der Waals surface area contributed by atoms with Crippen LogP contribution in [0.1, 0.15) is 35.7 Å². The minimum Gasteiger partial charge on any atom is -0.483 e. The first-order valence-electron chi connectivity index (χ1n) is 12.2. The molecule has 2 amide bonds. The molecule has 1 saturated carbocycles. The van der Waals surface area contributed by atoms with Crippen LogP contribution in [0.15, 0.2) is 42.5 Å². The molecule has 2 aliphatic heterocycles. The second kappa shape index (κ2) is 8.05. The van der Waals surface area contributed by atoms with Crippen molar-refractivity contribution >= 4 is 22.8 Å². The monoisotopic (exact) mass is 475 g/mol. The summed E-state index contributed by atoms with van der Waals surface area (Å²) < 4.78 is 5.88. The fourth-order valence-electron chi connectivity index (χ4n) is 6.26. The molecule has 182 valence electrons. The van der Waals surface area contributed by atoms with Crippen molar-refractivity contribution in [3.63, 3.8) is 0 Å². The topological polar surface area (TPSA) is 112 Å². The summed E-state index contributed by atoms with van der Waals surface area (Å²) in [6.45, 7) is 6.02. The molecule has 3 aromatic rings. The Bertz CT molecular complexity index is 1310. The smallest absolute Gasteiger partial charge is 0.260 e. The average molecular weight is 476 g/mol. The molecule has 9 nitrogen and oxygen atoms in total. The number of aromatic amines is 1. The summed E-state index contributed by atoms with van der Waals surface area (Å²) in [5.74, 6) is 1.01. The van der Waals surface area contributed by atoms with Crippen LogP contribution < -0.4 is 4.74 Å². The molecule has 2 N–H and O–H groups in total. The van der Waals surface area contributed by atoms with Gasteiger partial charge in [-0.15, -0.1) is 5.10 Å². The lowest BCUT2D eigenvalue weighted by molar-refractivity contribution is -0.148. The van der Waals surface area contributed by atoms with Crippen LogP contribution in [0, 0.1) is 17.8 Å². The number of nitrogens with one attached hydrogen (secondary N) is 1. The molecule has 2 saturated heterocycles. The van der Waals surface area contributed by atoms with Gasteiger partial charge in [0, 0.05) is 37.0 Å². The van der Waals surface area contributed by atoms with Gasteiger partial charge in [0.25, 0.3) is 11.8 Å². The van der Waals surface area contributed by atoms with E-state index < -0.39 is 5.60 Å². The summed E-state index contributed by atoms with van der Waals surface area (Å²) in [5.41, 5.74) is 2.14. The van der Waals surface area contributed by atoms with Crippen LogP contribution in [0.25, 0.3) is 11.0 Å². The summed E-state index contributed by atoms with van der Waals surface area (Å²) in [6, 6.07) is 13.1. The van der Waals surface area contributed by atoms with E-state index in [-0.39, 0.29) is 36.2 Å². The highest BCUT2D eigenvalue weighted by atomic mass is 16.5. The molecule has 0 spiro atoms. The van der Waals surface area contributed by atoms with E-state index in [0.717, 1.165) is 16.8 Å². The van der Waals surface area contributed by atoms with Crippen molar-refractivity contribution in [3.8, 4) is 5.75 Å². The van der Waals surface area contributed by atoms with Crippen molar-refractivity contribution in [1.82, 2.24) is 25.2 Å². The Hall–Kier alpha value is -3.46. The van der Waals surface area contributed by atoms with Gasteiger partial charge in [-0.05, 0) is 41.7 Å². The van der Waals surface area contributed by atoms with E-state index in [1.807, 2.05) is 29.2 Å². The van der Waals surface area contributed by atoms with Crippen LogP contribution >= 0.6 is 0 Å². The number of aromatic nitrogens is 3. The minimum atomic E-state index is -0.943. The highest BCUT2D eigenvalue weighted by Crippen LogP contribution is 2.57. The molecule has 3 aliphatic rings. The third-order valence-electron chi connectivity index (χ3n) is 8.13. The molecule has 6 rings (SSSR count). The van der Waals surface area contributed by atoms with Gasteiger partial charge in [-0.3, -0.25) is 14.7 Å². The van der Waals surface area contributed by atoms with E-state index in [1.165, 1.54) is 0 Å². The number of ether oxygens (including phenoxy) is 1. The molecule has 4 atom stereocenters. The molecule has 2 aromatic carbocycles. The average Bonchev–Trinajstić information content (AvgIpc) is 3.56. The number of H-pyrrole nitrogens is 1. The van der Waals surface area contributed by atoms with E-state index in [9.17, 15) is 14.7 Å². The first kappa shape index (κ1) is 22.0. The van der Waals surface area contributed by atoms with Crippen LogP contribution in [0.2, 0.25) is 0 Å². The second-order valence-electron chi connectivity index (χ2n) is 10.4. The number of benzene rings is 2. The lowest BCUT2D eigenvalue weighted by Gasteiger charge is -2.50. The lowest BCUT2D eigenvalue weighted by Crippen LogP contribution is -2.61. The Labute approximate surface area is 203 Å². The molecule has 3 heterocycles. The quantitative estimate of drug-likeness (QED) is 0.584. The van der Waals surface area contributed by atoms with Gasteiger partial charge in [-0.25, -0.2) is 0 Å². The normalized spacial score (nSPS) is 27.1. The number of nitrogens with zero attached hydrogens (tertiary/aromatic N) is 4. The molecule has 1 aliphatic carbocycles. The van der Waals surface area contributed by atoms with Crippen molar-refractivity contribution in [2.45, 2.75) is 25.4 Å². The van der Waals surface area contributed by atoms with Crippen molar-refractivity contribution in [3.05, 3.63) is 53.6 Å². The number of rotatable bonds is 5. The lowest BCUT2D eigenvalue weighted by atomic mass is 9.56. The van der Waals surface area contributed by atoms with E-state index in [2.05, 4.69) is 29.3 Å². The Balaban J connectivity index is 1.09. The first-order chi connectivity index (χ1) is 16.8. The first-order valence-corrected chi connectivity index (χ1v) is 12.2. The zero-order chi connectivity index (χ0) is 24.3. The Morgan fingerprint density at radius 1 is 1.14 bits per heavy atom. The summed E-state index contributed by atoms with van der Waals surface area (Å²) in [5, 5.41) is 22.0. The summed E-state index contributed by atoms with van der Waals surface area (Å²) in [7, 11) is 0. The maximum atomic E-state index is 13.1. The molecule has 0 bridgehead atoms. The van der Waals surface area contributed by atoms with Crippen molar-refractivity contribution < 1.29 is 19.4 Å². The third-order valence-corrected chi connectivity index (χ3v) is 8.13. The molecular formula is C26H29N5O4. The molecular weight excluding hydrogens is 446 g/mol. The van der Waals surface area contributed by atoms with E-state index in [4.69, 9.17) is 4.74 Å². The highest BCUT2D eigenvalue weighted by Gasteiger charge is 2.68. The predicted octanol–water partition coefficient (Wildman–Crippen LogP) is 2.05. The maximum absolute atomic E-state index is 13.1. The Kier molecular flexibility index (Phi) is 5.07. The molecule has 35 heavy (non-hydrogen) atoms. The Morgan fingerprint density at radius 2 is 1.91 bits per heavy atom. The zero-order valence-electron chi connectivity index (χ0n) is 19.8. The maximum Gasteiger partial charge on any atom is 0.260 e. The SMILES string of the molecule is CC(C)c1ccccc1OCC(=O)N1CC2[C@H]3CN(C(=O)c4ccc5[nH]nnc5c4)C[C@H]3C2(O)C1. The van der Waals surface area contributed by atoms with Crippen LogP contribution in [-0.4, -0.2) is 80.5 Å². The molecule has 1 aromatic heterocycles. The fraction of sp³-hybridized carbons (Fsp3) is 0.462. The van der Waals surface area contributed by atoms with Crippen LogP contribution in [0.4, 0.5) is 0 Å². The van der Waals surface area contributed by atoms with Gasteiger partial charge in [-0.1, -0.05) is 37.3 Å². The van der Waals surface area contributed by atoms with Crippen LogP contribution in [0.5, 0.6) is 5.75 Å². The molecule has 9 heteroatoms. The van der Waals surface area contributed by atoms with E-state index in [0.29, 0.717) is 43.2 Å². The number of hydrogen-bond donors (Lipinski definition) is 2.